The first-order valence-corrected chi connectivity index (χ1v) is 7.80. The standard InChI is InChI=1S/C17H20N4O3/c1-12-11-15(20-17(18-12)21-7-9-24-10-8-21)19-14-6-4-3-5-13(14)16(22)23-2/h3-6,11H,7-10H2,1-2H3,(H,18,19,20). The summed E-state index contributed by atoms with van der Waals surface area (Å²) in [5.41, 5.74) is 1.96. The molecule has 2 heterocycles. The number of aromatic nitrogens is 2. The van der Waals surface area contributed by atoms with Crippen LogP contribution in [0.3, 0.4) is 0 Å². The van der Waals surface area contributed by atoms with Crippen LogP contribution in [0.25, 0.3) is 0 Å². The number of ether oxygens (including phenoxy) is 2. The number of nitrogens with one attached hydrogen (secondary N) is 1. The van der Waals surface area contributed by atoms with Gasteiger partial charge in [-0.1, -0.05) is 12.1 Å². The summed E-state index contributed by atoms with van der Waals surface area (Å²) >= 11 is 0. The molecular weight excluding hydrogens is 308 g/mol. The molecule has 0 bridgehead atoms. The van der Waals surface area contributed by atoms with Gasteiger partial charge in [0.15, 0.2) is 0 Å². The normalized spacial score (nSPS) is 14.3. The fourth-order valence-corrected chi connectivity index (χ4v) is 2.54. The van der Waals surface area contributed by atoms with Crippen LogP contribution in [0.5, 0.6) is 0 Å². The van der Waals surface area contributed by atoms with Crippen molar-refractivity contribution in [3.8, 4) is 0 Å². The van der Waals surface area contributed by atoms with Gasteiger partial charge in [0.05, 0.1) is 31.6 Å². The third-order valence-corrected chi connectivity index (χ3v) is 3.73. The van der Waals surface area contributed by atoms with Gasteiger partial charge in [0.25, 0.3) is 0 Å². The minimum Gasteiger partial charge on any atom is -0.465 e. The number of nitrogens with zero attached hydrogens (tertiary/aromatic N) is 3. The second-order valence-electron chi connectivity index (χ2n) is 5.46. The third-order valence-electron chi connectivity index (χ3n) is 3.73. The van der Waals surface area contributed by atoms with Crippen molar-refractivity contribution in [2.45, 2.75) is 6.92 Å². The molecule has 0 amide bonds. The van der Waals surface area contributed by atoms with E-state index in [-0.39, 0.29) is 0 Å². The van der Waals surface area contributed by atoms with E-state index in [0.717, 1.165) is 18.8 Å². The lowest BCUT2D eigenvalue weighted by Crippen LogP contribution is -2.37. The average molecular weight is 328 g/mol. The number of esters is 1. The highest BCUT2D eigenvalue weighted by atomic mass is 16.5. The van der Waals surface area contributed by atoms with Gasteiger partial charge in [0.2, 0.25) is 5.95 Å². The van der Waals surface area contributed by atoms with E-state index in [0.29, 0.717) is 36.2 Å². The predicted molar refractivity (Wildman–Crippen MR) is 90.9 cm³/mol. The SMILES string of the molecule is COC(=O)c1ccccc1Nc1cc(C)nc(N2CCOCC2)n1. The van der Waals surface area contributed by atoms with Crippen molar-refractivity contribution in [2.75, 3.05) is 43.6 Å². The van der Waals surface area contributed by atoms with E-state index in [9.17, 15) is 4.79 Å². The molecule has 1 aromatic heterocycles. The number of aryl methyl sites for hydroxylation is 1. The zero-order chi connectivity index (χ0) is 16.9. The number of morpholine rings is 1. The molecule has 0 unspecified atom stereocenters. The van der Waals surface area contributed by atoms with Crippen LogP contribution in [-0.4, -0.2) is 49.4 Å². The van der Waals surface area contributed by atoms with E-state index in [4.69, 9.17) is 9.47 Å². The molecule has 1 N–H and O–H groups in total. The summed E-state index contributed by atoms with van der Waals surface area (Å²) in [5, 5.41) is 3.20. The second kappa shape index (κ2) is 7.27. The molecule has 0 saturated carbocycles. The van der Waals surface area contributed by atoms with E-state index in [2.05, 4.69) is 20.2 Å². The Labute approximate surface area is 140 Å². The summed E-state index contributed by atoms with van der Waals surface area (Å²) in [5.74, 6) is 0.911. The summed E-state index contributed by atoms with van der Waals surface area (Å²) < 4.78 is 10.2. The number of hydrogen-bond donors (Lipinski definition) is 1. The Morgan fingerprint density at radius 3 is 2.75 bits per heavy atom. The first-order chi connectivity index (χ1) is 11.7. The van der Waals surface area contributed by atoms with Crippen LogP contribution in [0.4, 0.5) is 17.5 Å². The Morgan fingerprint density at radius 2 is 2.00 bits per heavy atom. The monoisotopic (exact) mass is 328 g/mol. The Hall–Kier alpha value is -2.67. The summed E-state index contributed by atoms with van der Waals surface area (Å²) in [6.07, 6.45) is 0. The van der Waals surface area contributed by atoms with E-state index < -0.39 is 5.97 Å². The fourth-order valence-electron chi connectivity index (χ4n) is 2.54. The quantitative estimate of drug-likeness (QED) is 0.862. The Bertz CT molecular complexity index is 730. The second-order valence-corrected chi connectivity index (χ2v) is 5.46. The van der Waals surface area contributed by atoms with Crippen molar-refractivity contribution in [3.05, 3.63) is 41.6 Å². The Kier molecular flexibility index (Phi) is 4.90. The zero-order valence-electron chi connectivity index (χ0n) is 13.8. The molecule has 2 aromatic rings. The fraction of sp³-hybridized carbons (Fsp3) is 0.353. The molecule has 7 nitrogen and oxygen atoms in total. The number of carbonyl (C=O) groups is 1. The predicted octanol–water partition coefficient (Wildman–Crippen LogP) is 2.15. The van der Waals surface area contributed by atoms with Crippen molar-refractivity contribution >= 4 is 23.4 Å². The number of rotatable bonds is 4. The topological polar surface area (TPSA) is 76.6 Å². The lowest BCUT2D eigenvalue weighted by atomic mass is 10.2. The molecule has 1 aliphatic heterocycles. The molecule has 0 atom stereocenters. The highest BCUT2D eigenvalue weighted by Gasteiger charge is 2.16. The molecule has 3 rings (SSSR count). The maximum absolute atomic E-state index is 11.9. The number of para-hydroxylation sites is 1. The molecular formula is C17H20N4O3. The number of carbonyl (C=O) groups excluding carboxylic acids is 1. The lowest BCUT2D eigenvalue weighted by molar-refractivity contribution is 0.0602. The van der Waals surface area contributed by atoms with Crippen LogP contribution in [0.2, 0.25) is 0 Å². The summed E-state index contributed by atoms with van der Waals surface area (Å²) in [7, 11) is 1.37. The summed E-state index contributed by atoms with van der Waals surface area (Å²) in [6.45, 7) is 4.79. The van der Waals surface area contributed by atoms with Crippen LogP contribution < -0.4 is 10.2 Å². The molecule has 1 fully saturated rings. The first kappa shape index (κ1) is 16.2. The summed E-state index contributed by atoms with van der Waals surface area (Å²) in [6, 6.07) is 9.02. The van der Waals surface area contributed by atoms with Crippen LogP contribution >= 0.6 is 0 Å². The van der Waals surface area contributed by atoms with Crippen LogP contribution in [0.15, 0.2) is 30.3 Å². The minimum absolute atomic E-state index is 0.391. The molecule has 24 heavy (non-hydrogen) atoms. The van der Waals surface area contributed by atoms with Gasteiger partial charge in [-0.05, 0) is 19.1 Å². The number of anilines is 3. The molecule has 0 radical (unpaired) electrons. The van der Waals surface area contributed by atoms with Crippen LogP contribution in [0, 0.1) is 6.92 Å². The lowest BCUT2D eigenvalue weighted by Gasteiger charge is -2.27. The third kappa shape index (κ3) is 3.62. The van der Waals surface area contributed by atoms with Crippen molar-refractivity contribution in [2.24, 2.45) is 0 Å². The van der Waals surface area contributed by atoms with Gasteiger partial charge >= 0.3 is 5.97 Å². The van der Waals surface area contributed by atoms with Gasteiger partial charge in [-0.2, -0.15) is 4.98 Å². The Morgan fingerprint density at radius 1 is 1.25 bits per heavy atom. The smallest absolute Gasteiger partial charge is 0.339 e. The maximum Gasteiger partial charge on any atom is 0.339 e. The van der Waals surface area contributed by atoms with E-state index in [1.807, 2.05) is 25.1 Å². The van der Waals surface area contributed by atoms with Gasteiger partial charge < -0.3 is 19.7 Å². The summed E-state index contributed by atoms with van der Waals surface area (Å²) in [4.78, 5) is 23.1. The highest BCUT2D eigenvalue weighted by Crippen LogP contribution is 2.22. The molecule has 1 aliphatic rings. The van der Waals surface area contributed by atoms with E-state index >= 15 is 0 Å². The molecule has 1 saturated heterocycles. The van der Waals surface area contributed by atoms with E-state index in [1.165, 1.54) is 7.11 Å². The molecule has 7 heteroatoms. The number of hydrogen-bond acceptors (Lipinski definition) is 7. The molecule has 0 spiro atoms. The minimum atomic E-state index is -0.391. The average Bonchev–Trinajstić information content (AvgIpc) is 2.62. The van der Waals surface area contributed by atoms with Gasteiger partial charge in [-0.25, -0.2) is 9.78 Å². The van der Waals surface area contributed by atoms with Crippen molar-refractivity contribution in [3.63, 3.8) is 0 Å². The van der Waals surface area contributed by atoms with Crippen molar-refractivity contribution in [1.82, 2.24) is 9.97 Å². The molecule has 0 aliphatic carbocycles. The van der Waals surface area contributed by atoms with Crippen LogP contribution in [-0.2, 0) is 9.47 Å². The van der Waals surface area contributed by atoms with Crippen molar-refractivity contribution in [1.29, 1.82) is 0 Å². The Balaban J connectivity index is 1.88. The zero-order valence-corrected chi connectivity index (χ0v) is 13.8. The van der Waals surface area contributed by atoms with Gasteiger partial charge in [-0.3, -0.25) is 0 Å². The first-order valence-electron chi connectivity index (χ1n) is 7.80. The largest absolute Gasteiger partial charge is 0.465 e. The maximum atomic E-state index is 11.9. The van der Waals surface area contributed by atoms with Gasteiger partial charge in [-0.15, -0.1) is 0 Å². The number of methoxy groups -OCH3 is 1. The highest BCUT2D eigenvalue weighted by molar-refractivity contribution is 5.96. The van der Waals surface area contributed by atoms with Gasteiger partial charge in [0, 0.05) is 24.8 Å². The van der Waals surface area contributed by atoms with Crippen LogP contribution in [0.1, 0.15) is 16.1 Å². The van der Waals surface area contributed by atoms with Gasteiger partial charge in [0.1, 0.15) is 5.82 Å². The van der Waals surface area contributed by atoms with Crippen molar-refractivity contribution < 1.29 is 14.3 Å². The van der Waals surface area contributed by atoms with E-state index in [1.54, 1.807) is 12.1 Å². The molecule has 126 valence electrons. The molecule has 1 aromatic carbocycles. The number of benzene rings is 1.